The molecule has 29 heavy (non-hydrogen) atoms. The Morgan fingerprint density at radius 3 is 2.66 bits per heavy atom. The second kappa shape index (κ2) is 13.4. The van der Waals surface area contributed by atoms with E-state index in [0.29, 0.717) is 24.6 Å². The summed E-state index contributed by atoms with van der Waals surface area (Å²) in [6.45, 7) is 1.83. The summed E-state index contributed by atoms with van der Waals surface area (Å²) in [4.78, 5) is 29.1. The number of nitrogens with zero attached hydrogens (tertiary/aromatic N) is 1. The van der Waals surface area contributed by atoms with Crippen molar-refractivity contribution in [2.75, 3.05) is 19.4 Å². The van der Waals surface area contributed by atoms with Gasteiger partial charge in [-0.1, -0.05) is 6.42 Å². The smallest absolute Gasteiger partial charge is 0.229 e. The number of unbranched alkanes of at least 4 members (excludes halogenated alkanes) is 1. The zero-order valence-corrected chi connectivity index (χ0v) is 22.1. The molecule has 0 spiro atoms. The van der Waals surface area contributed by atoms with Crippen molar-refractivity contribution in [3.63, 3.8) is 0 Å². The fourth-order valence-electron chi connectivity index (χ4n) is 3.27. The van der Waals surface area contributed by atoms with Crippen molar-refractivity contribution in [1.82, 2.24) is 9.88 Å². The number of H-pyrrole nitrogens is 1. The SMILES string of the molecule is COc1ccc2[nH]cc(CCN(C(C)=O)C(=O)CCCCC(S)CCS)c2c1.[Zn]. The van der Waals surface area contributed by atoms with Crippen LogP contribution in [-0.4, -0.2) is 46.4 Å². The van der Waals surface area contributed by atoms with Gasteiger partial charge in [-0.2, -0.15) is 25.3 Å². The summed E-state index contributed by atoms with van der Waals surface area (Å²) >= 11 is 8.72. The Balaban J connectivity index is 0.00000420. The van der Waals surface area contributed by atoms with Crippen LogP contribution in [-0.2, 0) is 35.5 Å². The van der Waals surface area contributed by atoms with Crippen LogP contribution in [0.3, 0.4) is 0 Å². The number of fused-ring (bicyclic) bond motifs is 1. The number of aromatic nitrogens is 1. The van der Waals surface area contributed by atoms with Crippen LogP contribution < -0.4 is 4.74 Å². The average Bonchev–Trinajstić information content (AvgIpc) is 3.07. The summed E-state index contributed by atoms with van der Waals surface area (Å²) in [5.41, 5.74) is 2.08. The number of hydrogen-bond donors (Lipinski definition) is 3. The Bertz CT molecular complexity index is 797. The number of ether oxygens (including phenoxy) is 1. The average molecular weight is 488 g/mol. The van der Waals surface area contributed by atoms with E-state index in [-0.39, 0.29) is 31.3 Å². The summed E-state index contributed by atoms with van der Waals surface area (Å²) in [5.74, 6) is 1.30. The molecule has 1 N–H and O–H groups in total. The van der Waals surface area contributed by atoms with Crippen molar-refractivity contribution in [1.29, 1.82) is 0 Å². The number of carbonyl (C=O) groups excluding carboxylic acids is 2. The maximum Gasteiger partial charge on any atom is 0.229 e. The van der Waals surface area contributed by atoms with E-state index in [4.69, 9.17) is 4.74 Å². The standard InChI is InChI=1S/C21H30N2O3S2.Zn/c1-15(24)23(21(25)6-4-3-5-18(28)10-12-27)11-9-16-14-22-20-8-7-17(26-2)13-19(16)20;/h7-8,13-14,18,22,27-28H,3-6,9-12H2,1-2H3;. The molecule has 2 rings (SSSR count). The van der Waals surface area contributed by atoms with Crippen LogP contribution in [0.1, 0.15) is 44.6 Å². The molecule has 2 amide bonds. The summed E-state index contributed by atoms with van der Waals surface area (Å²) in [6.07, 6.45) is 6.57. The normalized spacial score (nSPS) is 11.7. The van der Waals surface area contributed by atoms with E-state index in [1.54, 1.807) is 7.11 Å². The largest absolute Gasteiger partial charge is 0.497 e. The first-order valence-electron chi connectivity index (χ1n) is 9.70. The van der Waals surface area contributed by atoms with Gasteiger partial charge in [-0.15, -0.1) is 0 Å². The first kappa shape index (κ1) is 26.1. The van der Waals surface area contributed by atoms with Gasteiger partial charge >= 0.3 is 0 Å². The molecule has 0 aliphatic carbocycles. The van der Waals surface area contributed by atoms with Crippen molar-refractivity contribution in [3.8, 4) is 5.75 Å². The molecule has 0 aliphatic heterocycles. The molecular formula is C21H30N2O3S2Zn. The van der Waals surface area contributed by atoms with Crippen LogP contribution in [0.4, 0.5) is 0 Å². The van der Waals surface area contributed by atoms with Gasteiger partial charge in [0.05, 0.1) is 7.11 Å². The van der Waals surface area contributed by atoms with E-state index in [9.17, 15) is 9.59 Å². The molecule has 0 aliphatic rings. The Morgan fingerprint density at radius 1 is 1.24 bits per heavy atom. The molecule has 8 heteroatoms. The first-order valence-corrected chi connectivity index (χ1v) is 10.8. The fourth-order valence-corrected chi connectivity index (χ4v) is 4.09. The van der Waals surface area contributed by atoms with E-state index in [0.717, 1.165) is 53.7 Å². The van der Waals surface area contributed by atoms with Crippen molar-refractivity contribution >= 4 is 48.0 Å². The Labute approximate surface area is 196 Å². The van der Waals surface area contributed by atoms with E-state index < -0.39 is 0 Å². The number of thiol groups is 2. The van der Waals surface area contributed by atoms with Gasteiger partial charge in [-0.3, -0.25) is 14.5 Å². The zero-order chi connectivity index (χ0) is 20.5. The fraction of sp³-hybridized carbons (Fsp3) is 0.524. The second-order valence-corrected chi connectivity index (χ2v) is 8.13. The number of hydrogen-bond acceptors (Lipinski definition) is 5. The number of amides is 2. The first-order chi connectivity index (χ1) is 13.5. The van der Waals surface area contributed by atoms with Gasteiger partial charge in [0.1, 0.15) is 5.75 Å². The van der Waals surface area contributed by atoms with Gasteiger partial charge in [-0.05, 0) is 55.2 Å². The minimum absolute atomic E-state index is 0. The van der Waals surface area contributed by atoms with Crippen LogP contribution in [0.25, 0.3) is 10.9 Å². The summed E-state index contributed by atoms with van der Waals surface area (Å²) in [6, 6.07) is 5.84. The third-order valence-corrected chi connectivity index (χ3v) is 5.68. The topological polar surface area (TPSA) is 62.4 Å². The number of imide groups is 1. The van der Waals surface area contributed by atoms with E-state index >= 15 is 0 Å². The van der Waals surface area contributed by atoms with Crippen molar-refractivity contribution in [3.05, 3.63) is 30.0 Å². The molecule has 0 saturated heterocycles. The monoisotopic (exact) mass is 486 g/mol. The molecule has 1 aromatic heterocycles. The molecule has 0 radical (unpaired) electrons. The number of rotatable bonds is 11. The number of benzene rings is 1. The van der Waals surface area contributed by atoms with Gasteiger partial charge in [0.2, 0.25) is 11.8 Å². The van der Waals surface area contributed by atoms with Crippen molar-refractivity contribution < 1.29 is 33.8 Å². The van der Waals surface area contributed by atoms with Crippen LogP contribution in [0.2, 0.25) is 0 Å². The Morgan fingerprint density at radius 2 is 2.00 bits per heavy atom. The second-order valence-electron chi connectivity index (χ2n) is 6.95. The van der Waals surface area contributed by atoms with Gasteiger partial charge in [-0.25, -0.2) is 0 Å². The molecule has 1 atom stereocenters. The molecule has 1 aromatic carbocycles. The molecule has 2 aromatic rings. The van der Waals surface area contributed by atoms with Crippen LogP contribution >= 0.6 is 25.3 Å². The van der Waals surface area contributed by atoms with Crippen molar-refractivity contribution in [2.45, 2.75) is 50.7 Å². The van der Waals surface area contributed by atoms with E-state index in [1.807, 2.05) is 24.4 Å². The molecule has 156 valence electrons. The molecule has 1 unspecified atom stereocenters. The predicted octanol–water partition coefficient (Wildman–Crippen LogP) is 4.27. The molecule has 0 fully saturated rings. The van der Waals surface area contributed by atoms with Gasteiger partial charge in [0.25, 0.3) is 0 Å². The number of carbonyl (C=O) groups is 2. The summed E-state index contributed by atoms with van der Waals surface area (Å²) < 4.78 is 5.29. The van der Waals surface area contributed by atoms with E-state index in [1.165, 1.54) is 11.8 Å². The molecule has 0 saturated carbocycles. The van der Waals surface area contributed by atoms with Crippen LogP contribution in [0.15, 0.2) is 24.4 Å². The number of methoxy groups -OCH3 is 1. The predicted molar refractivity (Wildman–Crippen MR) is 121 cm³/mol. The van der Waals surface area contributed by atoms with Crippen LogP contribution in [0, 0.1) is 0 Å². The van der Waals surface area contributed by atoms with Gasteiger partial charge < -0.3 is 9.72 Å². The molecular weight excluding hydrogens is 458 g/mol. The Hall–Kier alpha value is -0.977. The number of aromatic amines is 1. The Kier molecular flexibility index (Phi) is 12.0. The van der Waals surface area contributed by atoms with E-state index in [2.05, 4.69) is 30.2 Å². The molecule has 5 nitrogen and oxygen atoms in total. The molecule has 1 heterocycles. The number of nitrogens with one attached hydrogen (secondary N) is 1. The minimum Gasteiger partial charge on any atom is -0.497 e. The maximum atomic E-state index is 12.5. The summed E-state index contributed by atoms with van der Waals surface area (Å²) in [7, 11) is 1.64. The third kappa shape index (κ3) is 7.99. The quantitative estimate of drug-likeness (QED) is 0.252. The summed E-state index contributed by atoms with van der Waals surface area (Å²) in [5, 5.41) is 1.38. The third-order valence-electron chi connectivity index (χ3n) is 4.90. The van der Waals surface area contributed by atoms with Gasteiger partial charge in [0.15, 0.2) is 0 Å². The maximum absolute atomic E-state index is 12.5. The minimum atomic E-state index is -0.204. The van der Waals surface area contributed by atoms with Gasteiger partial charge in [0, 0.05) is 61.7 Å². The van der Waals surface area contributed by atoms with Crippen molar-refractivity contribution in [2.24, 2.45) is 0 Å². The molecule has 0 bridgehead atoms. The zero-order valence-electron chi connectivity index (χ0n) is 17.3. The van der Waals surface area contributed by atoms with Crippen LogP contribution in [0.5, 0.6) is 5.75 Å².